The number of aliphatic carboxylic acids is 1. The van der Waals surface area contributed by atoms with Crippen LogP contribution in [0.2, 0.25) is 5.02 Å². The van der Waals surface area contributed by atoms with Crippen molar-refractivity contribution in [2.24, 2.45) is 0 Å². The molecular formula is C25H26ClN3O5. The number of ether oxygens (including phenoxy) is 2. The largest absolute Gasteiger partial charge is 0.497 e. The van der Waals surface area contributed by atoms with Crippen molar-refractivity contribution >= 4 is 29.3 Å². The average molecular weight is 484 g/mol. The van der Waals surface area contributed by atoms with E-state index in [0.29, 0.717) is 24.5 Å². The van der Waals surface area contributed by atoms with Crippen LogP contribution >= 0.6 is 11.6 Å². The zero-order valence-corrected chi connectivity index (χ0v) is 19.6. The van der Waals surface area contributed by atoms with Gasteiger partial charge in [0.05, 0.1) is 24.3 Å². The second-order valence-electron chi connectivity index (χ2n) is 7.42. The first-order chi connectivity index (χ1) is 16.4. The molecule has 0 aliphatic carbocycles. The summed E-state index contributed by atoms with van der Waals surface area (Å²) >= 11 is 6.10. The summed E-state index contributed by atoms with van der Waals surface area (Å²) in [5.41, 5.74) is 1.80. The van der Waals surface area contributed by atoms with Gasteiger partial charge in [0.15, 0.2) is 0 Å². The first kappa shape index (κ1) is 24.9. The minimum absolute atomic E-state index is 0.101. The number of benzene rings is 2. The van der Waals surface area contributed by atoms with Crippen LogP contribution in [0, 0.1) is 0 Å². The molecular weight excluding hydrogens is 458 g/mol. The summed E-state index contributed by atoms with van der Waals surface area (Å²) in [6.45, 7) is 0.453. The lowest BCUT2D eigenvalue weighted by atomic mass is 10.1. The Hall–Kier alpha value is -3.78. The van der Waals surface area contributed by atoms with E-state index in [1.165, 1.54) is 19.2 Å². The molecule has 9 heteroatoms. The zero-order chi connectivity index (χ0) is 24.5. The van der Waals surface area contributed by atoms with Gasteiger partial charge in [0, 0.05) is 25.6 Å². The molecule has 0 aliphatic heterocycles. The molecule has 0 saturated heterocycles. The molecule has 0 saturated carbocycles. The van der Waals surface area contributed by atoms with E-state index in [1.54, 1.807) is 30.3 Å². The summed E-state index contributed by atoms with van der Waals surface area (Å²) in [6, 6.07) is 16.3. The van der Waals surface area contributed by atoms with Gasteiger partial charge >= 0.3 is 5.97 Å². The number of carboxylic acids is 1. The lowest BCUT2D eigenvalue weighted by Crippen LogP contribution is -2.42. The van der Waals surface area contributed by atoms with Crippen molar-refractivity contribution in [3.63, 3.8) is 0 Å². The van der Waals surface area contributed by atoms with E-state index in [9.17, 15) is 14.7 Å². The third-order valence-electron chi connectivity index (χ3n) is 5.07. The normalized spacial score (nSPS) is 11.4. The maximum atomic E-state index is 12.6. The smallest absolute Gasteiger partial charge is 0.326 e. The average Bonchev–Trinajstić information content (AvgIpc) is 2.85. The number of hydrogen-bond donors (Lipinski definition) is 3. The minimum atomic E-state index is -1.15. The van der Waals surface area contributed by atoms with Crippen LogP contribution in [-0.4, -0.2) is 48.8 Å². The SMILES string of the molecule is CNc1cccc(CCOc2ccc(C[C@H](NC(=O)c3cc(OC)ccc3Cl)C(=O)O)cc2)n1. The molecule has 3 rings (SSSR count). The highest BCUT2D eigenvalue weighted by molar-refractivity contribution is 6.34. The number of carbonyl (C=O) groups excluding carboxylic acids is 1. The summed E-state index contributed by atoms with van der Waals surface area (Å²) in [5, 5.41) is 15.3. The second-order valence-corrected chi connectivity index (χ2v) is 7.83. The van der Waals surface area contributed by atoms with Crippen molar-refractivity contribution in [2.75, 3.05) is 26.1 Å². The fourth-order valence-electron chi connectivity index (χ4n) is 3.23. The molecule has 0 spiro atoms. The number of aromatic nitrogens is 1. The Labute approximate surface area is 202 Å². The van der Waals surface area contributed by atoms with Crippen LogP contribution in [0.1, 0.15) is 21.6 Å². The van der Waals surface area contributed by atoms with Crippen molar-refractivity contribution in [1.82, 2.24) is 10.3 Å². The number of rotatable bonds is 11. The van der Waals surface area contributed by atoms with Crippen LogP contribution in [0.5, 0.6) is 11.5 Å². The number of nitrogens with one attached hydrogen (secondary N) is 2. The number of methoxy groups -OCH3 is 1. The molecule has 0 bridgehead atoms. The summed E-state index contributed by atoms with van der Waals surface area (Å²) in [4.78, 5) is 28.8. The van der Waals surface area contributed by atoms with E-state index >= 15 is 0 Å². The van der Waals surface area contributed by atoms with Crippen LogP contribution in [-0.2, 0) is 17.6 Å². The van der Waals surface area contributed by atoms with Gasteiger partial charge in [-0.15, -0.1) is 0 Å². The van der Waals surface area contributed by atoms with Crippen molar-refractivity contribution in [1.29, 1.82) is 0 Å². The number of amides is 1. The highest BCUT2D eigenvalue weighted by Gasteiger charge is 2.22. The maximum absolute atomic E-state index is 12.6. The lowest BCUT2D eigenvalue weighted by molar-refractivity contribution is -0.139. The van der Waals surface area contributed by atoms with Crippen molar-refractivity contribution in [2.45, 2.75) is 18.9 Å². The fraction of sp³-hybridized carbons (Fsp3) is 0.240. The van der Waals surface area contributed by atoms with E-state index in [2.05, 4.69) is 15.6 Å². The molecule has 3 N–H and O–H groups in total. The van der Waals surface area contributed by atoms with Crippen LogP contribution in [0.15, 0.2) is 60.7 Å². The monoisotopic (exact) mass is 483 g/mol. The van der Waals surface area contributed by atoms with Crippen LogP contribution in [0.3, 0.4) is 0 Å². The highest BCUT2D eigenvalue weighted by atomic mass is 35.5. The quantitative estimate of drug-likeness (QED) is 0.380. The maximum Gasteiger partial charge on any atom is 0.326 e. The lowest BCUT2D eigenvalue weighted by Gasteiger charge is -2.16. The summed E-state index contributed by atoms with van der Waals surface area (Å²) in [7, 11) is 3.29. The molecule has 0 aliphatic rings. The Morgan fingerprint density at radius 2 is 1.82 bits per heavy atom. The molecule has 1 aromatic heterocycles. The van der Waals surface area contributed by atoms with Gasteiger partial charge in [0.25, 0.3) is 5.91 Å². The van der Waals surface area contributed by atoms with Gasteiger partial charge in [-0.05, 0) is 48.0 Å². The molecule has 3 aromatic rings. The number of hydrogen-bond acceptors (Lipinski definition) is 6. The van der Waals surface area contributed by atoms with Gasteiger partial charge < -0.3 is 25.2 Å². The number of halogens is 1. The molecule has 0 radical (unpaired) electrons. The van der Waals surface area contributed by atoms with Crippen molar-refractivity contribution in [3.8, 4) is 11.5 Å². The zero-order valence-electron chi connectivity index (χ0n) is 18.9. The predicted octanol–water partition coefficient (Wildman–Crippen LogP) is 3.83. The first-order valence-electron chi connectivity index (χ1n) is 10.6. The molecule has 0 unspecified atom stereocenters. The summed E-state index contributed by atoms with van der Waals surface area (Å²) in [6.07, 6.45) is 0.751. The second kappa shape index (κ2) is 11.9. The molecule has 2 aromatic carbocycles. The van der Waals surface area contributed by atoms with E-state index in [-0.39, 0.29) is 17.0 Å². The Balaban J connectivity index is 1.57. The van der Waals surface area contributed by atoms with Gasteiger partial charge in [-0.25, -0.2) is 9.78 Å². The van der Waals surface area contributed by atoms with Gasteiger partial charge in [0.1, 0.15) is 23.4 Å². The molecule has 1 amide bonds. The van der Waals surface area contributed by atoms with Gasteiger partial charge in [-0.1, -0.05) is 29.8 Å². The van der Waals surface area contributed by atoms with E-state index in [4.69, 9.17) is 21.1 Å². The van der Waals surface area contributed by atoms with Gasteiger partial charge in [0.2, 0.25) is 0 Å². The topological polar surface area (TPSA) is 110 Å². The van der Waals surface area contributed by atoms with Crippen LogP contribution < -0.4 is 20.1 Å². The van der Waals surface area contributed by atoms with Crippen LogP contribution in [0.4, 0.5) is 5.82 Å². The first-order valence-corrected chi connectivity index (χ1v) is 11.0. The summed E-state index contributed by atoms with van der Waals surface area (Å²) < 4.78 is 10.9. The van der Waals surface area contributed by atoms with Crippen molar-refractivity contribution < 1.29 is 24.2 Å². The Kier molecular flexibility index (Phi) is 8.70. The molecule has 8 nitrogen and oxygen atoms in total. The van der Waals surface area contributed by atoms with Crippen LogP contribution in [0.25, 0.3) is 0 Å². The predicted molar refractivity (Wildman–Crippen MR) is 130 cm³/mol. The molecule has 1 heterocycles. The fourth-order valence-corrected chi connectivity index (χ4v) is 3.43. The molecule has 34 heavy (non-hydrogen) atoms. The Bertz CT molecular complexity index is 1140. The standard InChI is InChI=1S/C25H26ClN3O5/c1-27-23-5-3-4-17(28-23)12-13-34-18-8-6-16(7-9-18)14-22(25(31)32)29-24(30)20-15-19(33-2)10-11-21(20)26/h3-11,15,22H,12-14H2,1-2H3,(H,27,28)(H,29,30)(H,31,32)/t22-/m0/s1. The number of carbonyl (C=O) groups is 2. The molecule has 178 valence electrons. The number of carboxylic acid groups (broad SMARTS) is 1. The van der Waals surface area contributed by atoms with Gasteiger partial charge in [-0.2, -0.15) is 0 Å². The number of pyridine rings is 1. The third-order valence-corrected chi connectivity index (χ3v) is 5.40. The molecule has 1 atom stereocenters. The molecule has 0 fully saturated rings. The summed E-state index contributed by atoms with van der Waals surface area (Å²) in [5.74, 6) is 0.168. The van der Waals surface area contributed by atoms with E-state index in [0.717, 1.165) is 17.1 Å². The van der Waals surface area contributed by atoms with E-state index in [1.807, 2.05) is 25.2 Å². The third kappa shape index (κ3) is 6.86. The Morgan fingerprint density at radius 3 is 2.50 bits per heavy atom. The minimum Gasteiger partial charge on any atom is -0.497 e. The number of nitrogens with zero attached hydrogens (tertiary/aromatic N) is 1. The van der Waals surface area contributed by atoms with Crippen molar-refractivity contribution in [3.05, 3.63) is 82.5 Å². The highest BCUT2D eigenvalue weighted by Crippen LogP contribution is 2.22. The van der Waals surface area contributed by atoms with Gasteiger partial charge in [-0.3, -0.25) is 4.79 Å². The Morgan fingerprint density at radius 1 is 1.09 bits per heavy atom. The number of anilines is 1. The van der Waals surface area contributed by atoms with E-state index < -0.39 is 17.9 Å².